The van der Waals surface area contributed by atoms with Crippen LogP contribution < -0.4 is 5.32 Å². The minimum Gasteiger partial charge on any atom is -0.467 e. The Bertz CT molecular complexity index is 547. The van der Waals surface area contributed by atoms with E-state index in [-0.39, 0.29) is 5.91 Å². The Hall–Kier alpha value is -1.68. The van der Waals surface area contributed by atoms with Crippen LogP contribution in [0, 0.1) is 0 Å². The van der Waals surface area contributed by atoms with Gasteiger partial charge in [0.05, 0.1) is 18.6 Å². The fourth-order valence-corrected chi connectivity index (χ4v) is 2.73. The molecule has 2 aromatic rings. The Morgan fingerprint density at radius 3 is 2.62 bits per heavy atom. The van der Waals surface area contributed by atoms with Gasteiger partial charge in [-0.1, -0.05) is 38.1 Å². The molecule has 0 aliphatic heterocycles. The topological polar surface area (TPSA) is 42.2 Å². The molecule has 0 aliphatic rings. The van der Waals surface area contributed by atoms with Gasteiger partial charge in [0.25, 0.3) is 0 Å². The number of hydrogen-bond donors (Lipinski definition) is 1. The van der Waals surface area contributed by atoms with Crippen molar-refractivity contribution in [1.29, 1.82) is 0 Å². The van der Waals surface area contributed by atoms with Gasteiger partial charge in [0.1, 0.15) is 5.76 Å². The van der Waals surface area contributed by atoms with E-state index in [1.807, 2.05) is 12.1 Å². The van der Waals surface area contributed by atoms with Crippen LogP contribution in [0.1, 0.15) is 36.7 Å². The summed E-state index contributed by atoms with van der Waals surface area (Å²) in [5.41, 5.74) is 2.60. The lowest BCUT2D eigenvalue weighted by Gasteiger charge is -2.07. The van der Waals surface area contributed by atoms with E-state index in [9.17, 15) is 4.79 Å². The molecule has 1 heterocycles. The normalized spacial score (nSPS) is 10.8. The molecule has 2 rings (SSSR count). The number of amides is 1. The van der Waals surface area contributed by atoms with Gasteiger partial charge in [0.15, 0.2) is 0 Å². The first-order valence-corrected chi connectivity index (χ1v) is 8.26. The van der Waals surface area contributed by atoms with E-state index in [4.69, 9.17) is 4.42 Å². The minimum atomic E-state index is 0.0372. The molecule has 0 radical (unpaired) electrons. The zero-order valence-electron chi connectivity index (χ0n) is 12.5. The molecule has 0 saturated heterocycles. The maximum atomic E-state index is 11.7. The number of rotatable bonds is 7. The number of carbonyl (C=O) groups excluding carboxylic acids is 1. The van der Waals surface area contributed by atoms with Gasteiger partial charge in [-0.25, -0.2) is 0 Å². The number of carbonyl (C=O) groups is 1. The van der Waals surface area contributed by atoms with Crippen molar-refractivity contribution in [2.24, 2.45) is 0 Å². The van der Waals surface area contributed by atoms with Gasteiger partial charge in [-0.05, 0) is 29.2 Å². The van der Waals surface area contributed by atoms with E-state index >= 15 is 0 Å². The minimum absolute atomic E-state index is 0.0372. The molecule has 3 nitrogen and oxygen atoms in total. The number of nitrogens with one attached hydrogen (secondary N) is 1. The zero-order chi connectivity index (χ0) is 15.1. The van der Waals surface area contributed by atoms with E-state index in [0.717, 1.165) is 11.5 Å². The summed E-state index contributed by atoms with van der Waals surface area (Å²) in [7, 11) is 0. The quantitative estimate of drug-likeness (QED) is 0.842. The largest absolute Gasteiger partial charge is 0.467 e. The molecule has 1 amide bonds. The molecule has 0 aliphatic carbocycles. The molecule has 21 heavy (non-hydrogen) atoms. The smallest absolute Gasteiger partial charge is 0.230 e. The number of hydrogen-bond acceptors (Lipinski definition) is 3. The molecule has 1 aromatic carbocycles. The van der Waals surface area contributed by atoms with Crippen LogP contribution in [0.4, 0.5) is 0 Å². The molecule has 0 bridgehead atoms. The van der Waals surface area contributed by atoms with Crippen LogP contribution in [0.5, 0.6) is 0 Å². The van der Waals surface area contributed by atoms with Crippen molar-refractivity contribution in [2.75, 3.05) is 5.75 Å². The summed E-state index contributed by atoms with van der Waals surface area (Å²) in [6.45, 7) is 4.83. The molecular formula is C17H21NO2S. The van der Waals surface area contributed by atoms with Crippen molar-refractivity contribution in [1.82, 2.24) is 5.32 Å². The highest BCUT2D eigenvalue weighted by atomic mass is 32.2. The summed E-state index contributed by atoms with van der Waals surface area (Å²) in [6, 6.07) is 12.3. The van der Waals surface area contributed by atoms with E-state index in [2.05, 4.69) is 43.4 Å². The third-order valence-corrected chi connectivity index (χ3v) is 4.19. The van der Waals surface area contributed by atoms with Gasteiger partial charge in [0.2, 0.25) is 5.91 Å². The summed E-state index contributed by atoms with van der Waals surface area (Å²) in [5, 5.41) is 2.84. The van der Waals surface area contributed by atoms with Crippen LogP contribution in [-0.2, 0) is 17.1 Å². The average Bonchev–Trinajstić information content (AvgIpc) is 2.99. The third-order valence-electron chi connectivity index (χ3n) is 3.19. The first-order valence-electron chi connectivity index (χ1n) is 7.11. The molecule has 112 valence electrons. The number of benzene rings is 1. The predicted molar refractivity (Wildman–Crippen MR) is 87.2 cm³/mol. The second-order valence-corrected chi connectivity index (χ2v) is 6.23. The third kappa shape index (κ3) is 5.31. The van der Waals surface area contributed by atoms with E-state index in [1.165, 1.54) is 11.1 Å². The van der Waals surface area contributed by atoms with E-state index in [0.29, 0.717) is 18.2 Å². The summed E-state index contributed by atoms with van der Waals surface area (Å²) in [6.07, 6.45) is 1.61. The lowest BCUT2D eigenvalue weighted by molar-refractivity contribution is -0.118. The van der Waals surface area contributed by atoms with Crippen molar-refractivity contribution < 1.29 is 9.21 Å². The molecule has 0 fully saturated rings. The van der Waals surface area contributed by atoms with Crippen LogP contribution in [0.25, 0.3) is 0 Å². The fraction of sp³-hybridized carbons (Fsp3) is 0.353. The Kier molecular flexibility index (Phi) is 5.93. The lowest BCUT2D eigenvalue weighted by atomic mass is 10.0. The molecule has 0 unspecified atom stereocenters. The number of thioether (sulfide) groups is 1. The Morgan fingerprint density at radius 2 is 2.00 bits per heavy atom. The number of furan rings is 1. The fourth-order valence-electron chi connectivity index (χ4n) is 1.91. The monoisotopic (exact) mass is 303 g/mol. The summed E-state index contributed by atoms with van der Waals surface area (Å²) in [4.78, 5) is 11.7. The zero-order valence-corrected chi connectivity index (χ0v) is 13.3. The summed E-state index contributed by atoms with van der Waals surface area (Å²) in [5.74, 6) is 2.69. The SMILES string of the molecule is CC(C)c1ccc(CSCC(=O)NCc2ccco2)cc1. The lowest BCUT2D eigenvalue weighted by Crippen LogP contribution is -2.24. The van der Waals surface area contributed by atoms with Crippen molar-refractivity contribution in [3.8, 4) is 0 Å². The van der Waals surface area contributed by atoms with Gasteiger partial charge in [0, 0.05) is 5.75 Å². The second-order valence-electron chi connectivity index (χ2n) is 5.25. The first-order chi connectivity index (χ1) is 10.1. The Balaban J connectivity index is 1.67. The standard InChI is InChI=1S/C17H21NO2S/c1-13(2)15-7-5-14(6-8-15)11-21-12-17(19)18-10-16-4-3-9-20-16/h3-9,13H,10-12H2,1-2H3,(H,18,19). The van der Waals surface area contributed by atoms with Crippen molar-refractivity contribution >= 4 is 17.7 Å². The van der Waals surface area contributed by atoms with Crippen LogP contribution in [-0.4, -0.2) is 11.7 Å². The molecule has 0 spiro atoms. The molecule has 1 N–H and O–H groups in total. The van der Waals surface area contributed by atoms with Gasteiger partial charge in [-0.15, -0.1) is 11.8 Å². The maximum Gasteiger partial charge on any atom is 0.230 e. The highest BCUT2D eigenvalue weighted by Gasteiger charge is 2.04. The maximum absolute atomic E-state index is 11.7. The molecular weight excluding hydrogens is 282 g/mol. The molecule has 1 aromatic heterocycles. The summed E-state index contributed by atoms with van der Waals surface area (Å²) >= 11 is 1.62. The predicted octanol–water partition coefficient (Wildman–Crippen LogP) is 3.95. The molecule has 0 atom stereocenters. The Morgan fingerprint density at radius 1 is 1.24 bits per heavy atom. The van der Waals surface area contributed by atoms with Crippen LogP contribution in [0.15, 0.2) is 47.1 Å². The van der Waals surface area contributed by atoms with Gasteiger partial charge in [-0.3, -0.25) is 4.79 Å². The van der Waals surface area contributed by atoms with E-state index < -0.39 is 0 Å². The Labute approximate surface area is 130 Å². The van der Waals surface area contributed by atoms with Crippen LogP contribution in [0.3, 0.4) is 0 Å². The van der Waals surface area contributed by atoms with Crippen LogP contribution >= 0.6 is 11.8 Å². The molecule has 0 saturated carbocycles. The van der Waals surface area contributed by atoms with Gasteiger partial charge in [-0.2, -0.15) is 0 Å². The van der Waals surface area contributed by atoms with Crippen molar-refractivity contribution in [2.45, 2.75) is 32.1 Å². The van der Waals surface area contributed by atoms with Gasteiger partial charge < -0.3 is 9.73 Å². The van der Waals surface area contributed by atoms with Crippen LogP contribution in [0.2, 0.25) is 0 Å². The summed E-state index contributed by atoms with van der Waals surface area (Å²) < 4.78 is 5.17. The van der Waals surface area contributed by atoms with E-state index in [1.54, 1.807) is 18.0 Å². The highest BCUT2D eigenvalue weighted by Crippen LogP contribution is 2.17. The molecule has 4 heteroatoms. The average molecular weight is 303 g/mol. The second kappa shape index (κ2) is 7.93. The van der Waals surface area contributed by atoms with Gasteiger partial charge >= 0.3 is 0 Å². The van der Waals surface area contributed by atoms with Crippen molar-refractivity contribution in [3.63, 3.8) is 0 Å². The van der Waals surface area contributed by atoms with Crippen molar-refractivity contribution in [3.05, 3.63) is 59.5 Å². The first kappa shape index (κ1) is 15.7. The highest BCUT2D eigenvalue weighted by molar-refractivity contribution is 7.99.